The fourth-order valence-electron chi connectivity index (χ4n) is 3.85. The molecule has 170 valence electrons. The molecule has 0 bridgehead atoms. The highest BCUT2D eigenvalue weighted by Crippen LogP contribution is 2.23. The standard InChI is InChI=1S/C21H19N5O7/c1-11-8-15(27)19(29)16(28)9-13(11)21(31)25-6-4-24(5-7-25)20(30)12-2-3-14(26(32)33)18-17(12)22-10-23-18/h2-3,8-9H,4-7,10H2,1H3,(H2,27,28,29). The Hall–Kier alpha value is -4.35. The Labute approximate surface area is 185 Å². The second kappa shape index (κ2) is 8.30. The van der Waals surface area contributed by atoms with Crippen LogP contribution in [-0.4, -0.2) is 69.6 Å². The third kappa shape index (κ3) is 3.86. The predicted molar refractivity (Wildman–Crippen MR) is 113 cm³/mol. The third-order valence-electron chi connectivity index (χ3n) is 5.63. The van der Waals surface area contributed by atoms with E-state index in [-0.39, 0.29) is 66.3 Å². The minimum absolute atomic E-state index is 0.0179. The SMILES string of the molecule is Cc1cc(=O)c(O)c(O)cc1C(=O)N1CCN(C(=O)c2ccc([N+](=O)[O-])c3c2=NCN=3)CC1. The van der Waals surface area contributed by atoms with Crippen molar-refractivity contribution in [2.45, 2.75) is 6.92 Å². The van der Waals surface area contributed by atoms with Gasteiger partial charge in [0.05, 0.1) is 10.5 Å². The van der Waals surface area contributed by atoms with Gasteiger partial charge < -0.3 is 20.0 Å². The van der Waals surface area contributed by atoms with Crippen LogP contribution in [0.1, 0.15) is 26.3 Å². The summed E-state index contributed by atoms with van der Waals surface area (Å²) in [6.07, 6.45) is 0. The Morgan fingerprint density at radius 3 is 2.15 bits per heavy atom. The molecule has 1 fully saturated rings. The van der Waals surface area contributed by atoms with E-state index in [0.717, 1.165) is 12.1 Å². The van der Waals surface area contributed by atoms with E-state index in [2.05, 4.69) is 9.98 Å². The van der Waals surface area contributed by atoms with Crippen LogP contribution in [0, 0.1) is 17.0 Å². The van der Waals surface area contributed by atoms with Crippen molar-refractivity contribution in [1.29, 1.82) is 0 Å². The molecule has 2 aliphatic heterocycles. The lowest BCUT2D eigenvalue weighted by Crippen LogP contribution is -2.51. The number of hydrogen-bond acceptors (Lipinski definition) is 9. The molecule has 0 atom stereocenters. The largest absolute Gasteiger partial charge is 0.504 e. The predicted octanol–water partition coefficient (Wildman–Crippen LogP) is -0.517. The maximum absolute atomic E-state index is 13.1. The molecule has 12 nitrogen and oxygen atoms in total. The number of hydrogen-bond donors (Lipinski definition) is 2. The number of fused-ring (bicyclic) bond motifs is 1. The highest BCUT2D eigenvalue weighted by Gasteiger charge is 2.29. The third-order valence-corrected chi connectivity index (χ3v) is 5.63. The van der Waals surface area contributed by atoms with Gasteiger partial charge in [-0.1, -0.05) is 0 Å². The molecule has 4 rings (SSSR count). The van der Waals surface area contributed by atoms with Gasteiger partial charge in [-0.25, -0.2) is 0 Å². The van der Waals surface area contributed by atoms with Gasteiger partial charge in [-0.2, -0.15) is 0 Å². The van der Waals surface area contributed by atoms with Gasteiger partial charge in [0, 0.05) is 37.8 Å². The zero-order chi connectivity index (χ0) is 23.9. The van der Waals surface area contributed by atoms with Gasteiger partial charge in [0.25, 0.3) is 17.5 Å². The first-order chi connectivity index (χ1) is 15.7. The molecule has 2 aromatic carbocycles. The summed E-state index contributed by atoms with van der Waals surface area (Å²) < 4.78 is 0. The number of benzene rings is 1. The van der Waals surface area contributed by atoms with Crippen molar-refractivity contribution in [1.82, 2.24) is 9.80 Å². The Morgan fingerprint density at radius 1 is 0.970 bits per heavy atom. The van der Waals surface area contributed by atoms with Crippen molar-refractivity contribution < 1.29 is 24.7 Å². The Balaban J connectivity index is 1.53. The summed E-state index contributed by atoms with van der Waals surface area (Å²) in [5, 5.41) is 31.0. The van der Waals surface area contributed by atoms with Crippen LogP contribution < -0.4 is 16.1 Å². The van der Waals surface area contributed by atoms with Gasteiger partial charge in [-0.05, 0) is 30.7 Å². The van der Waals surface area contributed by atoms with E-state index in [0.29, 0.717) is 5.56 Å². The van der Waals surface area contributed by atoms with Crippen molar-refractivity contribution in [3.8, 4) is 11.5 Å². The van der Waals surface area contributed by atoms with Crippen LogP contribution in [0.4, 0.5) is 5.69 Å². The molecule has 0 aliphatic carbocycles. The molecule has 2 heterocycles. The number of rotatable bonds is 3. The highest BCUT2D eigenvalue weighted by atomic mass is 16.6. The summed E-state index contributed by atoms with van der Waals surface area (Å²) in [6.45, 7) is 2.33. The normalized spacial score (nSPS) is 14.8. The number of piperazine rings is 1. The van der Waals surface area contributed by atoms with E-state index < -0.39 is 27.8 Å². The molecular formula is C21H19N5O7. The summed E-state index contributed by atoms with van der Waals surface area (Å²) in [6, 6.07) is 4.73. The fraction of sp³-hybridized carbons (Fsp3) is 0.286. The molecule has 0 aromatic heterocycles. The van der Waals surface area contributed by atoms with Gasteiger partial charge in [0.15, 0.2) is 11.1 Å². The second-order valence-electron chi connectivity index (χ2n) is 7.61. The van der Waals surface area contributed by atoms with Crippen LogP contribution in [-0.2, 0) is 0 Å². The van der Waals surface area contributed by atoms with Gasteiger partial charge in [-0.15, -0.1) is 0 Å². The molecule has 2 amide bonds. The number of nitro groups is 1. The van der Waals surface area contributed by atoms with Crippen molar-refractivity contribution in [3.63, 3.8) is 0 Å². The molecule has 0 unspecified atom stereocenters. The number of nitro benzene ring substituents is 1. The average Bonchev–Trinajstić information content (AvgIpc) is 3.26. The van der Waals surface area contributed by atoms with Gasteiger partial charge >= 0.3 is 0 Å². The van der Waals surface area contributed by atoms with Crippen LogP contribution >= 0.6 is 0 Å². The molecule has 2 N–H and O–H groups in total. The number of carbonyl (C=O) groups is 2. The Bertz CT molecular complexity index is 1380. The van der Waals surface area contributed by atoms with Gasteiger partial charge in [-0.3, -0.25) is 34.5 Å². The fourth-order valence-corrected chi connectivity index (χ4v) is 3.85. The van der Waals surface area contributed by atoms with E-state index in [1.807, 2.05) is 0 Å². The minimum Gasteiger partial charge on any atom is -0.504 e. The zero-order valence-corrected chi connectivity index (χ0v) is 17.5. The Morgan fingerprint density at radius 2 is 1.55 bits per heavy atom. The lowest BCUT2D eigenvalue weighted by molar-refractivity contribution is -0.386. The molecule has 0 saturated carbocycles. The summed E-state index contributed by atoms with van der Waals surface area (Å²) in [4.78, 5) is 59.6. The van der Waals surface area contributed by atoms with Crippen molar-refractivity contribution in [2.75, 3.05) is 32.8 Å². The monoisotopic (exact) mass is 453 g/mol. The molecule has 2 aromatic rings. The van der Waals surface area contributed by atoms with Crippen molar-refractivity contribution in [3.05, 3.63) is 72.0 Å². The number of aryl methyl sites for hydroxylation is 1. The average molecular weight is 453 g/mol. The van der Waals surface area contributed by atoms with Crippen LogP contribution in [0.2, 0.25) is 0 Å². The summed E-state index contributed by atoms with van der Waals surface area (Å²) in [5.41, 5.74) is -0.428. The quantitative estimate of drug-likeness (QED) is 0.466. The van der Waals surface area contributed by atoms with E-state index in [1.54, 1.807) is 0 Å². The molecular weight excluding hydrogens is 434 g/mol. The molecule has 12 heteroatoms. The summed E-state index contributed by atoms with van der Waals surface area (Å²) in [7, 11) is 0. The van der Waals surface area contributed by atoms with E-state index in [4.69, 9.17) is 0 Å². The first-order valence-electron chi connectivity index (χ1n) is 10.0. The van der Waals surface area contributed by atoms with Gasteiger partial charge in [0.2, 0.25) is 11.2 Å². The second-order valence-corrected chi connectivity index (χ2v) is 7.61. The Kier molecular flexibility index (Phi) is 5.50. The maximum Gasteiger partial charge on any atom is 0.296 e. The molecule has 1 saturated heterocycles. The minimum atomic E-state index is -0.833. The number of carbonyl (C=O) groups excluding carboxylic acids is 2. The number of amides is 2. The van der Waals surface area contributed by atoms with Crippen LogP contribution in [0.5, 0.6) is 11.5 Å². The lowest BCUT2D eigenvalue weighted by atomic mass is 10.1. The molecule has 0 spiro atoms. The topological polar surface area (TPSA) is 166 Å². The maximum atomic E-state index is 13.1. The number of non-ortho nitro benzene ring substituents is 1. The van der Waals surface area contributed by atoms with Gasteiger partial charge in [0.1, 0.15) is 12.0 Å². The van der Waals surface area contributed by atoms with E-state index in [1.165, 1.54) is 28.9 Å². The first-order valence-corrected chi connectivity index (χ1v) is 10.0. The molecule has 0 radical (unpaired) electrons. The van der Waals surface area contributed by atoms with Crippen LogP contribution in [0.15, 0.2) is 39.0 Å². The summed E-state index contributed by atoms with van der Waals surface area (Å²) in [5.74, 6) is -2.34. The van der Waals surface area contributed by atoms with Crippen LogP contribution in [0.3, 0.4) is 0 Å². The van der Waals surface area contributed by atoms with E-state index >= 15 is 0 Å². The van der Waals surface area contributed by atoms with Crippen molar-refractivity contribution >= 4 is 17.5 Å². The number of aromatic hydroxyl groups is 2. The first kappa shape index (κ1) is 21.9. The smallest absolute Gasteiger partial charge is 0.296 e. The van der Waals surface area contributed by atoms with Crippen LogP contribution in [0.25, 0.3) is 0 Å². The van der Waals surface area contributed by atoms with E-state index in [9.17, 15) is 34.7 Å². The number of nitrogens with zero attached hydrogens (tertiary/aromatic N) is 5. The summed E-state index contributed by atoms with van der Waals surface area (Å²) >= 11 is 0. The zero-order valence-electron chi connectivity index (χ0n) is 17.5. The lowest BCUT2D eigenvalue weighted by Gasteiger charge is -2.35. The molecule has 2 aliphatic rings. The molecule has 33 heavy (non-hydrogen) atoms. The highest BCUT2D eigenvalue weighted by molar-refractivity contribution is 5.97. The van der Waals surface area contributed by atoms with Crippen molar-refractivity contribution in [2.24, 2.45) is 9.98 Å².